The monoisotopic (exact) mass is 349 g/mol. The SMILES string of the molecule is O=C(O)CCNC(=O)c1cccc(NC(=O)COC2CCNCC2)c1. The first kappa shape index (κ1) is 18.9. The van der Waals surface area contributed by atoms with E-state index in [0.717, 1.165) is 25.9 Å². The Labute approximate surface area is 145 Å². The fraction of sp³-hybridized carbons (Fsp3) is 0.471. The minimum Gasteiger partial charge on any atom is -0.481 e. The van der Waals surface area contributed by atoms with Crippen molar-refractivity contribution in [3.63, 3.8) is 0 Å². The first-order chi connectivity index (χ1) is 12.0. The van der Waals surface area contributed by atoms with E-state index in [9.17, 15) is 14.4 Å². The van der Waals surface area contributed by atoms with Crippen LogP contribution in [-0.4, -0.2) is 55.2 Å². The largest absolute Gasteiger partial charge is 0.481 e. The summed E-state index contributed by atoms with van der Waals surface area (Å²) in [6, 6.07) is 6.46. The van der Waals surface area contributed by atoms with Gasteiger partial charge in [-0.25, -0.2) is 0 Å². The first-order valence-corrected chi connectivity index (χ1v) is 8.27. The number of aliphatic carboxylic acids is 1. The van der Waals surface area contributed by atoms with Crippen LogP contribution in [0.5, 0.6) is 0 Å². The maximum absolute atomic E-state index is 12.0. The van der Waals surface area contributed by atoms with Crippen LogP contribution in [0.2, 0.25) is 0 Å². The number of carbonyl (C=O) groups excluding carboxylic acids is 2. The van der Waals surface area contributed by atoms with E-state index in [1.165, 1.54) is 0 Å². The summed E-state index contributed by atoms with van der Waals surface area (Å²) >= 11 is 0. The third kappa shape index (κ3) is 6.90. The Kier molecular flexibility index (Phi) is 7.36. The predicted molar refractivity (Wildman–Crippen MR) is 91.5 cm³/mol. The highest BCUT2D eigenvalue weighted by Gasteiger charge is 2.15. The molecule has 136 valence electrons. The second-order valence-corrected chi connectivity index (χ2v) is 5.79. The molecule has 0 spiro atoms. The van der Waals surface area contributed by atoms with Crippen molar-refractivity contribution in [2.45, 2.75) is 25.4 Å². The number of rotatable bonds is 8. The van der Waals surface area contributed by atoms with Crippen LogP contribution in [0.25, 0.3) is 0 Å². The van der Waals surface area contributed by atoms with Gasteiger partial charge in [0.05, 0.1) is 12.5 Å². The third-order valence-corrected chi connectivity index (χ3v) is 3.77. The number of carbonyl (C=O) groups is 3. The molecule has 0 aliphatic carbocycles. The molecule has 1 aliphatic heterocycles. The molecule has 1 aromatic rings. The fourth-order valence-corrected chi connectivity index (χ4v) is 2.48. The van der Waals surface area contributed by atoms with E-state index in [0.29, 0.717) is 11.3 Å². The van der Waals surface area contributed by atoms with Crippen LogP contribution >= 0.6 is 0 Å². The lowest BCUT2D eigenvalue weighted by Crippen LogP contribution is -2.34. The van der Waals surface area contributed by atoms with E-state index in [2.05, 4.69) is 16.0 Å². The summed E-state index contributed by atoms with van der Waals surface area (Å²) in [6.45, 7) is 1.81. The number of anilines is 1. The van der Waals surface area contributed by atoms with Gasteiger partial charge in [0.1, 0.15) is 6.61 Å². The van der Waals surface area contributed by atoms with Crippen LogP contribution in [0.15, 0.2) is 24.3 Å². The number of carboxylic acid groups (broad SMARTS) is 1. The summed E-state index contributed by atoms with van der Waals surface area (Å²) in [7, 11) is 0. The number of nitrogens with one attached hydrogen (secondary N) is 3. The predicted octanol–water partition coefficient (Wildman–Crippen LogP) is 0.598. The Morgan fingerprint density at radius 2 is 2.00 bits per heavy atom. The molecule has 8 nitrogen and oxygen atoms in total. The van der Waals surface area contributed by atoms with Gasteiger partial charge in [-0.2, -0.15) is 0 Å². The van der Waals surface area contributed by atoms with Gasteiger partial charge in [0.25, 0.3) is 5.91 Å². The maximum atomic E-state index is 12.0. The van der Waals surface area contributed by atoms with E-state index in [1.54, 1.807) is 24.3 Å². The molecule has 1 heterocycles. The Bertz CT molecular complexity index is 614. The molecular weight excluding hydrogens is 326 g/mol. The van der Waals surface area contributed by atoms with Gasteiger partial charge in [-0.3, -0.25) is 14.4 Å². The van der Waals surface area contributed by atoms with Crippen molar-refractivity contribution >= 4 is 23.5 Å². The summed E-state index contributed by atoms with van der Waals surface area (Å²) in [6.07, 6.45) is 1.73. The van der Waals surface area contributed by atoms with Gasteiger partial charge in [0.2, 0.25) is 5.91 Å². The van der Waals surface area contributed by atoms with E-state index in [4.69, 9.17) is 9.84 Å². The average Bonchev–Trinajstić information content (AvgIpc) is 2.61. The van der Waals surface area contributed by atoms with Crippen molar-refractivity contribution in [3.05, 3.63) is 29.8 Å². The Hall–Kier alpha value is -2.45. The summed E-state index contributed by atoms with van der Waals surface area (Å²) in [5, 5.41) is 17.0. The van der Waals surface area contributed by atoms with E-state index >= 15 is 0 Å². The number of hydrogen-bond acceptors (Lipinski definition) is 5. The molecule has 0 unspecified atom stereocenters. The highest BCUT2D eigenvalue weighted by Crippen LogP contribution is 2.12. The lowest BCUT2D eigenvalue weighted by Gasteiger charge is -2.22. The minimum absolute atomic E-state index is 0.0281. The number of ether oxygens (including phenoxy) is 1. The van der Waals surface area contributed by atoms with Crippen LogP contribution in [-0.2, 0) is 14.3 Å². The second-order valence-electron chi connectivity index (χ2n) is 5.79. The second kappa shape index (κ2) is 9.75. The fourth-order valence-electron chi connectivity index (χ4n) is 2.48. The molecule has 0 saturated carbocycles. The summed E-state index contributed by atoms with van der Waals surface area (Å²) in [5.74, 6) is -1.64. The zero-order valence-corrected chi connectivity index (χ0v) is 13.9. The average molecular weight is 349 g/mol. The normalized spacial score (nSPS) is 14.7. The van der Waals surface area contributed by atoms with Crippen LogP contribution in [0.4, 0.5) is 5.69 Å². The van der Waals surface area contributed by atoms with Crippen LogP contribution in [0.1, 0.15) is 29.6 Å². The minimum atomic E-state index is -0.977. The van der Waals surface area contributed by atoms with Gasteiger partial charge in [0.15, 0.2) is 0 Å². The highest BCUT2D eigenvalue weighted by molar-refractivity contribution is 5.97. The molecule has 1 aromatic carbocycles. The molecule has 2 amide bonds. The molecule has 8 heteroatoms. The van der Waals surface area contributed by atoms with Gasteiger partial charge >= 0.3 is 5.97 Å². The molecule has 0 radical (unpaired) electrons. The van der Waals surface area contributed by atoms with Gasteiger partial charge < -0.3 is 25.8 Å². The molecule has 2 rings (SSSR count). The summed E-state index contributed by atoms with van der Waals surface area (Å²) < 4.78 is 5.58. The molecule has 1 aliphatic rings. The van der Waals surface area contributed by atoms with Crippen LogP contribution in [0, 0.1) is 0 Å². The highest BCUT2D eigenvalue weighted by atomic mass is 16.5. The quantitative estimate of drug-likeness (QED) is 0.546. The van der Waals surface area contributed by atoms with Gasteiger partial charge in [-0.05, 0) is 44.1 Å². The van der Waals surface area contributed by atoms with E-state index < -0.39 is 5.97 Å². The lowest BCUT2D eigenvalue weighted by molar-refractivity contribution is -0.136. The lowest BCUT2D eigenvalue weighted by atomic mass is 10.1. The zero-order valence-electron chi connectivity index (χ0n) is 13.9. The zero-order chi connectivity index (χ0) is 18.1. The Morgan fingerprint density at radius 1 is 1.24 bits per heavy atom. The topological polar surface area (TPSA) is 117 Å². The van der Waals surface area contributed by atoms with Crippen molar-refractivity contribution in [2.75, 3.05) is 31.6 Å². The number of hydrogen-bond donors (Lipinski definition) is 4. The smallest absolute Gasteiger partial charge is 0.305 e. The number of carboxylic acids is 1. The summed E-state index contributed by atoms with van der Waals surface area (Å²) in [4.78, 5) is 34.4. The molecule has 1 saturated heterocycles. The van der Waals surface area contributed by atoms with Gasteiger partial charge in [-0.1, -0.05) is 6.07 Å². The molecule has 25 heavy (non-hydrogen) atoms. The van der Waals surface area contributed by atoms with Gasteiger partial charge in [0, 0.05) is 17.8 Å². The van der Waals surface area contributed by atoms with Crippen molar-refractivity contribution < 1.29 is 24.2 Å². The first-order valence-electron chi connectivity index (χ1n) is 8.27. The van der Waals surface area contributed by atoms with E-state index in [1.807, 2.05) is 0 Å². The van der Waals surface area contributed by atoms with Gasteiger partial charge in [-0.15, -0.1) is 0 Å². The molecule has 1 fully saturated rings. The number of benzene rings is 1. The molecular formula is C17H23N3O5. The van der Waals surface area contributed by atoms with E-state index in [-0.39, 0.29) is 37.5 Å². The van der Waals surface area contributed by atoms with Crippen LogP contribution < -0.4 is 16.0 Å². The molecule has 0 bridgehead atoms. The number of amides is 2. The third-order valence-electron chi connectivity index (χ3n) is 3.77. The Balaban J connectivity index is 1.80. The van der Waals surface area contributed by atoms with Crippen molar-refractivity contribution in [2.24, 2.45) is 0 Å². The maximum Gasteiger partial charge on any atom is 0.305 e. The summed E-state index contributed by atoms with van der Waals surface area (Å²) in [5.41, 5.74) is 0.840. The number of piperidine rings is 1. The molecule has 0 atom stereocenters. The van der Waals surface area contributed by atoms with Crippen LogP contribution in [0.3, 0.4) is 0 Å². The van der Waals surface area contributed by atoms with Crippen molar-refractivity contribution in [1.29, 1.82) is 0 Å². The van der Waals surface area contributed by atoms with Crippen molar-refractivity contribution in [3.8, 4) is 0 Å². The van der Waals surface area contributed by atoms with Crippen molar-refractivity contribution in [1.82, 2.24) is 10.6 Å². The molecule has 0 aromatic heterocycles. The molecule has 4 N–H and O–H groups in total. The standard InChI is InChI=1S/C17H23N3O5/c21-15(11-25-14-4-7-18-8-5-14)20-13-3-1-2-12(10-13)17(24)19-9-6-16(22)23/h1-3,10,14,18H,4-9,11H2,(H,19,24)(H,20,21)(H,22,23). The Morgan fingerprint density at radius 3 is 2.72 bits per heavy atom.